The van der Waals surface area contributed by atoms with Crippen LogP contribution < -0.4 is 15.4 Å². The number of ether oxygens (including phenoxy) is 1. The molecule has 0 saturated heterocycles. The van der Waals surface area contributed by atoms with Crippen molar-refractivity contribution >= 4 is 67.3 Å². The van der Waals surface area contributed by atoms with Gasteiger partial charge in [0.05, 0.1) is 10.7 Å². The predicted octanol–water partition coefficient (Wildman–Crippen LogP) is 5.83. The number of halogens is 3. The topological polar surface area (TPSA) is 76.1 Å². The molecule has 1 aromatic heterocycles. The smallest absolute Gasteiger partial charge is 0.325 e. The van der Waals surface area contributed by atoms with Gasteiger partial charge in [0, 0.05) is 9.50 Å². The number of carbonyl (C=O) groups is 1. The van der Waals surface area contributed by atoms with Crippen molar-refractivity contribution in [3.8, 4) is 5.75 Å². The molecular formula is C16H11BrCl2N4O2S. The second kappa shape index (κ2) is 8.68. The number of nitrogens with zero attached hydrogens (tertiary/aromatic N) is 2. The Morgan fingerprint density at radius 1 is 1.12 bits per heavy atom. The molecular weight excluding hydrogens is 463 g/mol. The van der Waals surface area contributed by atoms with Gasteiger partial charge in [0.2, 0.25) is 5.13 Å². The lowest BCUT2D eigenvalue weighted by Gasteiger charge is -2.07. The summed E-state index contributed by atoms with van der Waals surface area (Å²) in [5.41, 5.74) is 0.442. The third-order valence-electron chi connectivity index (χ3n) is 3.04. The standard InChI is InChI=1S/C16H11BrCl2N4O2S/c17-9-1-4-11(5-2-9)25-8-14-22-23-16(26-14)21-15(24)20-13-6-3-10(18)7-12(13)19/h1-7H,8H2,(H2,20,21,23,24). The van der Waals surface area contributed by atoms with Crippen LogP contribution in [-0.2, 0) is 6.61 Å². The minimum atomic E-state index is -0.481. The summed E-state index contributed by atoms with van der Waals surface area (Å²) in [5.74, 6) is 0.716. The maximum absolute atomic E-state index is 12.0. The molecule has 10 heteroatoms. The van der Waals surface area contributed by atoms with Gasteiger partial charge in [0.25, 0.3) is 0 Å². The Hall–Kier alpha value is -1.87. The molecule has 0 unspecified atom stereocenters. The molecule has 0 aliphatic carbocycles. The number of anilines is 2. The molecule has 134 valence electrons. The largest absolute Gasteiger partial charge is 0.486 e. The molecule has 0 aliphatic heterocycles. The zero-order chi connectivity index (χ0) is 18.5. The maximum atomic E-state index is 12.0. The number of amides is 2. The molecule has 3 rings (SSSR count). The van der Waals surface area contributed by atoms with Gasteiger partial charge in [-0.2, -0.15) is 0 Å². The molecule has 6 nitrogen and oxygen atoms in total. The van der Waals surface area contributed by atoms with E-state index in [1.165, 1.54) is 11.3 Å². The van der Waals surface area contributed by atoms with Gasteiger partial charge in [-0.05, 0) is 42.5 Å². The fourth-order valence-corrected chi connectivity index (χ4v) is 3.25. The average molecular weight is 474 g/mol. The minimum Gasteiger partial charge on any atom is -0.486 e. The van der Waals surface area contributed by atoms with Crippen LogP contribution in [0.15, 0.2) is 46.9 Å². The van der Waals surface area contributed by atoms with Crippen molar-refractivity contribution in [3.05, 3.63) is 62.0 Å². The Labute approximate surface area is 171 Å². The summed E-state index contributed by atoms with van der Waals surface area (Å²) in [7, 11) is 0. The summed E-state index contributed by atoms with van der Waals surface area (Å²) in [6.07, 6.45) is 0. The van der Waals surface area contributed by atoms with Crippen LogP contribution in [0.1, 0.15) is 5.01 Å². The zero-order valence-corrected chi connectivity index (χ0v) is 16.9. The number of rotatable bonds is 5. The van der Waals surface area contributed by atoms with E-state index < -0.39 is 6.03 Å². The highest BCUT2D eigenvalue weighted by Gasteiger charge is 2.10. The number of hydrogen-bond acceptors (Lipinski definition) is 5. The molecule has 0 bridgehead atoms. The van der Waals surface area contributed by atoms with E-state index in [9.17, 15) is 4.79 Å². The molecule has 0 saturated carbocycles. The fourth-order valence-electron chi connectivity index (χ4n) is 1.88. The van der Waals surface area contributed by atoms with Crippen LogP contribution in [-0.4, -0.2) is 16.2 Å². The maximum Gasteiger partial charge on any atom is 0.325 e. The van der Waals surface area contributed by atoms with Crippen molar-refractivity contribution in [1.82, 2.24) is 10.2 Å². The van der Waals surface area contributed by atoms with E-state index in [0.29, 0.717) is 31.6 Å². The zero-order valence-electron chi connectivity index (χ0n) is 13.0. The molecule has 1 heterocycles. The Morgan fingerprint density at radius 2 is 1.88 bits per heavy atom. The number of aromatic nitrogens is 2. The van der Waals surface area contributed by atoms with Gasteiger partial charge in [0.1, 0.15) is 12.4 Å². The summed E-state index contributed by atoms with van der Waals surface area (Å²) in [5, 5.41) is 14.9. The predicted molar refractivity (Wildman–Crippen MR) is 107 cm³/mol. The molecule has 2 aromatic carbocycles. The summed E-state index contributed by atoms with van der Waals surface area (Å²) in [6.45, 7) is 0.256. The number of benzene rings is 2. The van der Waals surface area contributed by atoms with Crippen molar-refractivity contribution in [2.75, 3.05) is 10.6 Å². The van der Waals surface area contributed by atoms with Gasteiger partial charge in [-0.1, -0.05) is 50.5 Å². The van der Waals surface area contributed by atoms with Crippen molar-refractivity contribution in [3.63, 3.8) is 0 Å². The molecule has 2 N–H and O–H groups in total. The first-order valence-electron chi connectivity index (χ1n) is 7.23. The van der Waals surface area contributed by atoms with Crippen LogP contribution in [0.5, 0.6) is 5.75 Å². The lowest BCUT2D eigenvalue weighted by atomic mass is 10.3. The van der Waals surface area contributed by atoms with E-state index in [1.54, 1.807) is 18.2 Å². The highest BCUT2D eigenvalue weighted by atomic mass is 79.9. The van der Waals surface area contributed by atoms with Gasteiger partial charge < -0.3 is 10.1 Å². The minimum absolute atomic E-state index is 0.256. The van der Waals surface area contributed by atoms with E-state index >= 15 is 0 Å². The van der Waals surface area contributed by atoms with Crippen molar-refractivity contribution in [2.45, 2.75) is 6.61 Å². The molecule has 0 radical (unpaired) electrons. The van der Waals surface area contributed by atoms with Crippen LogP contribution >= 0.6 is 50.5 Å². The molecule has 0 spiro atoms. The lowest BCUT2D eigenvalue weighted by Crippen LogP contribution is -2.19. The van der Waals surface area contributed by atoms with Crippen LogP contribution in [0, 0.1) is 0 Å². The Bertz CT molecular complexity index is 921. The van der Waals surface area contributed by atoms with Crippen molar-refractivity contribution < 1.29 is 9.53 Å². The summed E-state index contributed by atoms with van der Waals surface area (Å²) in [4.78, 5) is 12.0. The molecule has 0 fully saturated rings. The van der Waals surface area contributed by atoms with Crippen LogP contribution in [0.2, 0.25) is 10.0 Å². The number of carbonyl (C=O) groups excluding carboxylic acids is 1. The van der Waals surface area contributed by atoms with Crippen molar-refractivity contribution in [1.29, 1.82) is 0 Å². The van der Waals surface area contributed by atoms with Gasteiger partial charge in [0.15, 0.2) is 5.01 Å². The van der Waals surface area contributed by atoms with Crippen molar-refractivity contribution in [2.24, 2.45) is 0 Å². The highest BCUT2D eigenvalue weighted by Crippen LogP contribution is 2.26. The van der Waals surface area contributed by atoms with E-state index in [2.05, 4.69) is 36.8 Å². The Kier molecular flexibility index (Phi) is 6.31. The van der Waals surface area contributed by atoms with Crippen LogP contribution in [0.3, 0.4) is 0 Å². The van der Waals surface area contributed by atoms with Crippen LogP contribution in [0.4, 0.5) is 15.6 Å². The number of hydrogen-bond donors (Lipinski definition) is 2. The number of urea groups is 1. The monoisotopic (exact) mass is 472 g/mol. The Morgan fingerprint density at radius 3 is 2.62 bits per heavy atom. The second-order valence-electron chi connectivity index (χ2n) is 4.95. The van der Waals surface area contributed by atoms with E-state index in [1.807, 2.05) is 24.3 Å². The molecule has 26 heavy (non-hydrogen) atoms. The van der Waals surface area contributed by atoms with Gasteiger partial charge >= 0.3 is 6.03 Å². The quantitative estimate of drug-likeness (QED) is 0.488. The van der Waals surface area contributed by atoms with Crippen LogP contribution in [0.25, 0.3) is 0 Å². The van der Waals surface area contributed by atoms with Gasteiger partial charge in [-0.25, -0.2) is 4.79 Å². The molecule has 2 amide bonds. The van der Waals surface area contributed by atoms with E-state index in [0.717, 1.165) is 4.47 Å². The Balaban J connectivity index is 1.54. The fraction of sp³-hybridized carbons (Fsp3) is 0.0625. The first-order chi connectivity index (χ1) is 12.5. The summed E-state index contributed by atoms with van der Waals surface area (Å²) >= 11 is 16.4. The summed E-state index contributed by atoms with van der Waals surface area (Å²) in [6, 6.07) is 11.8. The van der Waals surface area contributed by atoms with Gasteiger partial charge in [-0.15, -0.1) is 10.2 Å². The first-order valence-corrected chi connectivity index (χ1v) is 9.60. The van der Waals surface area contributed by atoms with E-state index in [4.69, 9.17) is 27.9 Å². The molecule has 3 aromatic rings. The second-order valence-corrected chi connectivity index (χ2v) is 7.77. The molecule has 0 atom stereocenters. The number of nitrogens with one attached hydrogen (secondary N) is 2. The van der Waals surface area contributed by atoms with Gasteiger partial charge in [-0.3, -0.25) is 5.32 Å². The average Bonchev–Trinajstić information content (AvgIpc) is 3.04. The lowest BCUT2D eigenvalue weighted by molar-refractivity contribution is 0.262. The van der Waals surface area contributed by atoms with E-state index in [-0.39, 0.29) is 6.61 Å². The first kappa shape index (κ1) is 18.9. The summed E-state index contributed by atoms with van der Waals surface area (Å²) < 4.78 is 6.59. The third kappa shape index (κ3) is 5.31. The SMILES string of the molecule is O=C(Nc1nnc(COc2ccc(Br)cc2)s1)Nc1ccc(Cl)cc1Cl. The molecule has 0 aliphatic rings. The normalized spacial score (nSPS) is 10.4. The third-order valence-corrected chi connectivity index (χ3v) is 4.93. The highest BCUT2D eigenvalue weighted by molar-refractivity contribution is 9.10.